The highest BCUT2D eigenvalue weighted by Crippen LogP contribution is 2.50. The smallest absolute Gasteiger partial charge is 0.131 e. The van der Waals surface area contributed by atoms with Crippen LogP contribution in [0.15, 0.2) is 212 Å². The van der Waals surface area contributed by atoms with Crippen LogP contribution in [0.4, 0.5) is 17.1 Å². The molecule has 0 spiro atoms. The summed E-state index contributed by atoms with van der Waals surface area (Å²) in [7, 11) is 0. The van der Waals surface area contributed by atoms with Crippen LogP contribution in [0.2, 0.25) is 0 Å². The van der Waals surface area contributed by atoms with Gasteiger partial charge in [0.2, 0.25) is 0 Å². The summed E-state index contributed by atoms with van der Waals surface area (Å²) >= 11 is 0. The van der Waals surface area contributed by atoms with E-state index < -0.39 is 0 Å². The number of rotatable bonds is 7. The standard InChI is InChI=1S/C60H47NO2/c1-59(2)51-17-8-10-19-55(51)62-57-35-27-46(38-53(57)59)42-23-31-49(32-24-42)61(48-29-21-41(22-30-48)45-16-12-15-44(37-45)40-13-6-5-7-14-40)50-33-25-43(26-34-50)47-28-36-58-54(39-47)60(3,4)52-18-9-11-20-56(52)63-58/h5-39H,1-4H3. The molecule has 0 saturated carbocycles. The van der Waals surface area contributed by atoms with Gasteiger partial charge in [-0.3, -0.25) is 0 Å². The predicted molar refractivity (Wildman–Crippen MR) is 260 cm³/mol. The van der Waals surface area contributed by atoms with Crippen LogP contribution >= 0.6 is 0 Å². The maximum atomic E-state index is 6.39. The first-order chi connectivity index (χ1) is 30.7. The molecule has 0 N–H and O–H groups in total. The van der Waals surface area contributed by atoms with Crippen molar-refractivity contribution in [2.75, 3.05) is 4.90 Å². The lowest BCUT2D eigenvalue weighted by Gasteiger charge is -2.34. The Morgan fingerprint density at radius 2 is 0.587 bits per heavy atom. The van der Waals surface area contributed by atoms with Crippen molar-refractivity contribution in [2.24, 2.45) is 0 Å². The number of para-hydroxylation sites is 2. The number of ether oxygens (including phenoxy) is 2. The van der Waals surface area contributed by atoms with Gasteiger partial charge in [0.15, 0.2) is 0 Å². The molecule has 0 unspecified atom stereocenters. The van der Waals surface area contributed by atoms with Crippen molar-refractivity contribution in [1.29, 1.82) is 0 Å². The van der Waals surface area contributed by atoms with Crippen LogP contribution in [0.1, 0.15) is 49.9 Å². The van der Waals surface area contributed by atoms with Crippen LogP contribution < -0.4 is 14.4 Å². The molecule has 0 radical (unpaired) electrons. The van der Waals surface area contributed by atoms with Gasteiger partial charge in [-0.05, 0) is 123 Å². The molecule has 2 heterocycles. The summed E-state index contributed by atoms with van der Waals surface area (Å²) in [6.07, 6.45) is 0. The quantitative estimate of drug-likeness (QED) is 0.160. The van der Waals surface area contributed by atoms with Crippen LogP contribution in [0, 0.1) is 0 Å². The third-order valence-corrected chi connectivity index (χ3v) is 13.2. The minimum atomic E-state index is -0.188. The van der Waals surface area contributed by atoms with Gasteiger partial charge in [0.05, 0.1) is 0 Å². The van der Waals surface area contributed by atoms with E-state index in [4.69, 9.17) is 9.47 Å². The molecular weight excluding hydrogens is 767 g/mol. The molecule has 0 saturated heterocycles. The molecule has 0 fully saturated rings. The van der Waals surface area contributed by atoms with E-state index in [0.29, 0.717) is 0 Å². The molecule has 0 atom stereocenters. The van der Waals surface area contributed by atoms with Crippen LogP contribution in [0.3, 0.4) is 0 Å². The van der Waals surface area contributed by atoms with Gasteiger partial charge in [-0.2, -0.15) is 0 Å². The van der Waals surface area contributed by atoms with Crippen LogP contribution in [0.5, 0.6) is 23.0 Å². The Bertz CT molecular complexity index is 2990. The topological polar surface area (TPSA) is 21.7 Å². The molecule has 0 amide bonds. The van der Waals surface area contributed by atoms with Crippen molar-refractivity contribution in [3.8, 4) is 67.5 Å². The molecule has 9 aromatic rings. The van der Waals surface area contributed by atoms with Gasteiger partial charge in [-0.1, -0.05) is 161 Å². The van der Waals surface area contributed by atoms with Gasteiger partial charge in [-0.25, -0.2) is 0 Å². The summed E-state index contributed by atoms with van der Waals surface area (Å²) in [5, 5.41) is 0. The summed E-state index contributed by atoms with van der Waals surface area (Å²) in [4.78, 5) is 2.35. The fraction of sp³-hybridized carbons (Fsp3) is 0.100. The summed E-state index contributed by atoms with van der Waals surface area (Å²) < 4.78 is 12.8. The average Bonchev–Trinajstić information content (AvgIpc) is 3.33. The van der Waals surface area contributed by atoms with E-state index in [2.05, 4.69) is 233 Å². The Labute approximate surface area is 370 Å². The van der Waals surface area contributed by atoms with Crippen LogP contribution in [-0.4, -0.2) is 0 Å². The first-order valence-corrected chi connectivity index (χ1v) is 21.8. The Morgan fingerprint density at radius 3 is 1.02 bits per heavy atom. The van der Waals surface area contributed by atoms with Gasteiger partial charge in [0.1, 0.15) is 23.0 Å². The zero-order valence-electron chi connectivity index (χ0n) is 36.0. The van der Waals surface area contributed by atoms with Crippen molar-refractivity contribution in [2.45, 2.75) is 38.5 Å². The van der Waals surface area contributed by atoms with Gasteiger partial charge in [0, 0.05) is 50.1 Å². The molecule has 63 heavy (non-hydrogen) atoms. The molecule has 9 aromatic carbocycles. The third-order valence-electron chi connectivity index (χ3n) is 13.2. The number of fused-ring (bicyclic) bond motifs is 4. The van der Waals surface area contributed by atoms with Gasteiger partial charge in [-0.15, -0.1) is 0 Å². The van der Waals surface area contributed by atoms with E-state index in [9.17, 15) is 0 Å². The lowest BCUT2D eigenvalue weighted by molar-refractivity contribution is 0.418. The molecule has 2 aliphatic heterocycles. The van der Waals surface area contributed by atoms with Gasteiger partial charge < -0.3 is 14.4 Å². The first kappa shape index (κ1) is 38.3. The SMILES string of the molecule is CC1(C)c2ccccc2Oc2ccc(-c3ccc(N(c4ccc(-c5cccc(-c6ccccc6)c5)cc4)c4ccc(-c5ccc6c(c5)C(C)(C)c5ccccc5O6)cc4)cc3)cc21. The van der Waals surface area contributed by atoms with E-state index in [0.717, 1.165) is 62.3 Å². The van der Waals surface area contributed by atoms with Crippen molar-refractivity contribution in [1.82, 2.24) is 0 Å². The van der Waals surface area contributed by atoms with E-state index in [1.807, 2.05) is 12.1 Å². The van der Waals surface area contributed by atoms with E-state index in [1.54, 1.807) is 0 Å². The summed E-state index contributed by atoms with van der Waals surface area (Å²) in [5.41, 5.74) is 17.1. The number of benzene rings is 9. The van der Waals surface area contributed by atoms with E-state index >= 15 is 0 Å². The number of anilines is 3. The monoisotopic (exact) mass is 813 g/mol. The molecule has 304 valence electrons. The molecule has 11 rings (SSSR count). The third kappa shape index (κ3) is 6.78. The van der Waals surface area contributed by atoms with E-state index in [1.165, 1.54) is 44.5 Å². The van der Waals surface area contributed by atoms with Crippen LogP contribution in [-0.2, 0) is 10.8 Å². The zero-order valence-corrected chi connectivity index (χ0v) is 36.0. The maximum absolute atomic E-state index is 6.39. The predicted octanol–water partition coefficient (Wildman–Crippen LogP) is 16.7. The molecule has 0 aromatic heterocycles. The summed E-state index contributed by atoms with van der Waals surface area (Å²) in [6.45, 7) is 9.14. The van der Waals surface area contributed by atoms with Gasteiger partial charge >= 0.3 is 0 Å². The molecule has 0 bridgehead atoms. The Morgan fingerprint density at radius 1 is 0.270 bits per heavy atom. The van der Waals surface area contributed by atoms with Crippen molar-refractivity contribution in [3.63, 3.8) is 0 Å². The highest BCUT2D eigenvalue weighted by atomic mass is 16.5. The normalized spacial score (nSPS) is 13.9. The summed E-state index contributed by atoms with van der Waals surface area (Å²) in [5.74, 6) is 3.70. The highest BCUT2D eigenvalue weighted by molar-refractivity contribution is 5.82. The second-order valence-electron chi connectivity index (χ2n) is 17.8. The van der Waals surface area contributed by atoms with Crippen molar-refractivity contribution >= 4 is 17.1 Å². The fourth-order valence-electron chi connectivity index (χ4n) is 9.61. The minimum absolute atomic E-state index is 0.188. The van der Waals surface area contributed by atoms with E-state index in [-0.39, 0.29) is 10.8 Å². The Hall–Kier alpha value is -7.62. The largest absolute Gasteiger partial charge is 0.457 e. The van der Waals surface area contributed by atoms with Crippen molar-refractivity contribution < 1.29 is 9.47 Å². The van der Waals surface area contributed by atoms with Gasteiger partial charge in [0.25, 0.3) is 0 Å². The molecular formula is C60H47NO2. The molecule has 0 aliphatic carbocycles. The fourth-order valence-corrected chi connectivity index (χ4v) is 9.61. The lowest BCUT2D eigenvalue weighted by atomic mass is 9.75. The number of hydrogen-bond donors (Lipinski definition) is 0. The maximum Gasteiger partial charge on any atom is 0.131 e. The Balaban J connectivity index is 0.941. The average molecular weight is 814 g/mol. The Kier molecular flexibility index (Phi) is 9.17. The number of hydrogen-bond acceptors (Lipinski definition) is 3. The number of nitrogens with zero attached hydrogens (tertiary/aromatic N) is 1. The van der Waals surface area contributed by atoms with Crippen molar-refractivity contribution in [3.05, 3.63) is 235 Å². The lowest BCUT2D eigenvalue weighted by Crippen LogP contribution is -2.24. The molecule has 3 heteroatoms. The zero-order chi connectivity index (χ0) is 42.7. The second-order valence-corrected chi connectivity index (χ2v) is 17.8. The second kappa shape index (κ2) is 15.1. The first-order valence-electron chi connectivity index (χ1n) is 21.8. The highest BCUT2D eigenvalue weighted by Gasteiger charge is 2.35. The molecule has 3 nitrogen and oxygen atoms in total. The van der Waals surface area contributed by atoms with Crippen LogP contribution in [0.25, 0.3) is 44.5 Å². The minimum Gasteiger partial charge on any atom is -0.457 e. The molecule has 2 aliphatic rings. The summed E-state index contributed by atoms with van der Waals surface area (Å²) in [6, 6.07) is 76.1.